The standard InChI is InChI=1S/C16H14Cl2N4O2S/c1-9-15(16(20)22(21-9)10-5-3-2-4-6-10)25(23,24)11-7-12(17)14(19)13(18)8-11/h2-8H,19-20H2,1H3. The van der Waals surface area contributed by atoms with E-state index in [1.54, 1.807) is 31.2 Å². The molecule has 0 saturated heterocycles. The predicted molar refractivity (Wildman–Crippen MR) is 99.0 cm³/mol. The molecule has 2 aromatic carbocycles. The first-order valence-electron chi connectivity index (χ1n) is 7.13. The fourth-order valence-corrected chi connectivity index (χ4v) is 4.65. The molecule has 0 amide bonds. The second-order valence-electron chi connectivity index (χ2n) is 5.35. The largest absolute Gasteiger partial charge is 0.396 e. The molecular formula is C16H14Cl2N4O2S. The molecule has 0 bridgehead atoms. The summed E-state index contributed by atoms with van der Waals surface area (Å²) in [4.78, 5) is -0.188. The number of aryl methyl sites for hydroxylation is 1. The van der Waals surface area contributed by atoms with Crippen molar-refractivity contribution >= 4 is 44.5 Å². The van der Waals surface area contributed by atoms with Gasteiger partial charge in [-0.1, -0.05) is 41.4 Å². The van der Waals surface area contributed by atoms with Crippen LogP contribution in [0.2, 0.25) is 10.0 Å². The van der Waals surface area contributed by atoms with Crippen molar-refractivity contribution in [1.82, 2.24) is 9.78 Å². The molecule has 0 fully saturated rings. The maximum atomic E-state index is 13.0. The van der Waals surface area contributed by atoms with Crippen molar-refractivity contribution in [2.24, 2.45) is 0 Å². The Hall–Kier alpha value is -2.22. The lowest BCUT2D eigenvalue weighted by Gasteiger charge is -2.09. The topological polar surface area (TPSA) is 104 Å². The Morgan fingerprint density at radius 2 is 1.60 bits per heavy atom. The fourth-order valence-electron chi connectivity index (χ4n) is 2.46. The number of benzene rings is 2. The average Bonchev–Trinajstić information content (AvgIpc) is 2.88. The first-order chi connectivity index (χ1) is 11.7. The van der Waals surface area contributed by atoms with Gasteiger partial charge in [-0.25, -0.2) is 13.1 Å². The molecule has 0 unspecified atom stereocenters. The number of nitrogens with zero attached hydrogens (tertiary/aromatic N) is 2. The van der Waals surface area contributed by atoms with Gasteiger partial charge < -0.3 is 11.5 Å². The maximum absolute atomic E-state index is 13.0. The molecule has 6 nitrogen and oxygen atoms in total. The zero-order valence-corrected chi connectivity index (χ0v) is 15.4. The molecule has 1 heterocycles. The van der Waals surface area contributed by atoms with Crippen LogP contribution in [0.4, 0.5) is 11.5 Å². The molecule has 0 saturated carbocycles. The number of hydrogen-bond acceptors (Lipinski definition) is 5. The van der Waals surface area contributed by atoms with Crippen LogP contribution in [-0.2, 0) is 9.84 Å². The maximum Gasteiger partial charge on any atom is 0.212 e. The number of nitrogens with two attached hydrogens (primary N) is 2. The number of anilines is 2. The Kier molecular flexibility index (Phi) is 4.40. The molecule has 0 aliphatic heterocycles. The summed E-state index contributed by atoms with van der Waals surface area (Å²) in [5, 5.41) is 4.36. The second kappa shape index (κ2) is 6.25. The molecular weight excluding hydrogens is 383 g/mol. The first kappa shape index (κ1) is 17.6. The van der Waals surface area contributed by atoms with Crippen molar-refractivity contribution in [2.75, 3.05) is 11.5 Å². The number of sulfone groups is 1. The third kappa shape index (κ3) is 2.95. The molecule has 9 heteroatoms. The van der Waals surface area contributed by atoms with Gasteiger partial charge in [0.2, 0.25) is 9.84 Å². The lowest BCUT2D eigenvalue weighted by molar-refractivity contribution is 0.596. The van der Waals surface area contributed by atoms with Crippen molar-refractivity contribution < 1.29 is 8.42 Å². The number of halogens is 2. The minimum Gasteiger partial charge on any atom is -0.396 e. The smallest absolute Gasteiger partial charge is 0.212 e. The van der Waals surface area contributed by atoms with Gasteiger partial charge in [0.1, 0.15) is 10.7 Å². The molecule has 130 valence electrons. The summed E-state index contributed by atoms with van der Waals surface area (Å²) in [5.74, 6) is 0.00719. The highest BCUT2D eigenvalue weighted by Crippen LogP contribution is 2.36. The van der Waals surface area contributed by atoms with E-state index in [2.05, 4.69) is 5.10 Å². The number of nitrogen functional groups attached to an aromatic ring is 2. The zero-order valence-electron chi connectivity index (χ0n) is 13.1. The third-order valence-electron chi connectivity index (χ3n) is 3.67. The van der Waals surface area contributed by atoms with E-state index < -0.39 is 9.84 Å². The number of rotatable bonds is 3. The molecule has 1 aromatic heterocycles. The van der Waals surface area contributed by atoms with Crippen LogP contribution in [0.5, 0.6) is 0 Å². The van der Waals surface area contributed by atoms with Crippen LogP contribution in [0.15, 0.2) is 52.3 Å². The highest BCUT2D eigenvalue weighted by Gasteiger charge is 2.29. The van der Waals surface area contributed by atoms with Gasteiger partial charge in [-0.2, -0.15) is 5.10 Å². The minimum atomic E-state index is -3.98. The van der Waals surface area contributed by atoms with E-state index in [1.807, 2.05) is 6.07 Å². The minimum absolute atomic E-state index is 0.00719. The van der Waals surface area contributed by atoms with Crippen LogP contribution in [0.1, 0.15) is 5.69 Å². The Balaban J connectivity index is 2.21. The lowest BCUT2D eigenvalue weighted by atomic mass is 10.3. The summed E-state index contributed by atoms with van der Waals surface area (Å²) in [7, 11) is -3.98. The van der Waals surface area contributed by atoms with Gasteiger partial charge in [0, 0.05) is 0 Å². The zero-order chi connectivity index (χ0) is 18.4. The van der Waals surface area contributed by atoms with Gasteiger partial charge in [-0.05, 0) is 31.2 Å². The second-order valence-corrected chi connectivity index (χ2v) is 8.05. The number of hydrogen-bond donors (Lipinski definition) is 2. The Labute approximate surface area is 154 Å². The Morgan fingerprint density at radius 3 is 2.16 bits per heavy atom. The van der Waals surface area contributed by atoms with E-state index in [4.69, 9.17) is 34.7 Å². The quantitative estimate of drug-likeness (QED) is 0.659. The van der Waals surface area contributed by atoms with Gasteiger partial charge in [-0.3, -0.25) is 0 Å². The SMILES string of the molecule is Cc1nn(-c2ccccc2)c(N)c1S(=O)(=O)c1cc(Cl)c(N)c(Cl)c1. The summed E-state index contributed by atoms with van der Waals surface area (Å²) < 4.78 is 27.5. The normalized spacial score (nSPS) is 11.6. The molecule has 0 atom stereocenters. The van der Waals surface area contributed by atoms with Gasteiger partial charge in [-0.15, -0.1) is 0 Å². The molecule has 0 spiro atoms. The van der Waals surface area contributed by atoms with Crippen molar-refractivity contribution in [3.8, 4) is 5.69 Å². The Morgan fingerprint density at radius 1 is 1.04 bits per heavy atom. The summed E-state index contributed by atoms with van der Waals surface area (Å²) in [5.41, 5.74) is 12.8. The van der Waals surface area contributed by atoms with Crippen molar-refractivity contribution in [3.63, 3.8) is 0 Å². The van der Waals surface area contributed by atoms with Crippen molar-refractivity contribution in [3.05, 3.63) is 58.2 Å². The van der Waals surface area contributed by atoms with Gasteiger partial charge in [0.15, 0.2) is 0 Å². The summed E-state index contributed by atoms with van der Waals surface area (Å²) in [6.45, 7) is 1.57. The first-order valence-corrected chi connectivity index (χ1v) is 9.37. The lowest BCUT2D eigenvalue weighted by Crippen LogP contribution is -2.08. The monoisotopic (exact) mass is 396 g/mol. The van der Waals surface area contributed by atoms with E-state index in [9.17, 15) is 8.42 Å². The molecule has 25 heavy (non-hydrogen) atoms. The van der Waals surface area contributed by atoms with E-state index >= 15 is 0 Å². The highest BCUT2D eigenvalue weighted by atomic mass is 35.5. The van der Waals surface area contributed by atoms with Crippen LogP contribution >= 0.6 is 23.2 Å². The molecule has 3 aromatic rings. The molecule has 3 rings (SSSR count). The van der Waals surface area contributed by atoms with Gasteiger partial charge >= 0.3 is 0 Å². The van der Waals surface area contributed by atoms with Crippen LogP contribution in [-0.4, -0.2) is 18.2 Å². The summed E-state index contributed by atoms with van der Waals surface area (Å²) in [6.07, 6.45) is 0. The van der Waals surface area contributed by atoms with Crippen LogP contribution in [0, 0.1) is 6.92 Å². The third-order valence-corrected chi connectivity index (χ3v) is 6.20. The van der Waals surface area contributed by atoms with E-state index in [1.165, 1.54) is 16.8 Å². The molecule has 0 aliphatic rings. The van der Waals surface area contributed by atoms with Crippen molar-refractivity contribution in [1.29, 1.82) is 0 Å². The number of para-hydroxylation sites is 1. The summed E-state index contributed by atoms with van der Waals surface area (Å²) >= 11 is 11.9. The molecule has 0 radical (unpaired) electrons. The van der Waals surface area contributed by atoms with E-state index in [-0.39, 0.29) is 37.0 Å². The van der Waals surface area contributed by atoms with Gasteiger partial charge in [0.25, 0.3) is 0 Å². The number of aromatic nitrogens is 2. The van der Waals surface area contributed by atoms with Crippen LogP contribution in [0.25, 0.3) is 5.69 Å². The van der Waals surface area contributed by atoms with Crippen molar-refractivity contribution in [2.45, 2.75) is 16.7 Å². The highest BCUT2D eigenvalue weighted by molar-refractivity contribution is 7.91. The molecule has 4 N–H and O–H groups in total. The van der Waals surface area contributed by atoms with E-state index in [0.717, 1.165) is 0 Å². The van der Waals surface area contributed by atoms with Crippen LogP contribution in [0.3, 0.4) is 0 Å². The predicted octanol–water partition coefficient (Wildman–Crippen LogP) is 3.48. The Bertz CT molecular complexity index is 1040. The van der Waals surface area contributed by atoms with Crippen LogP contribution < -0.4 is 11.5 Å². The average molecular weight is 397 g/mol. The van der Waals surface area contributed by atoms with E-state index in [0.29, 0.717) is 5.69 Å². The fraction of sp³-hybridized carbons (Fsp3) is 0.0625. The summed E-state index contributed by atoms with van der Waals surface area (Å²) in [6, 6.07) is 11.5. The molecule has 0 aliphatic carbocycles. The van der Waals surface area contributed by atoms with Gasteiger partial charge in [0.05, 0.1) is 32.0 Å².